The summed E-state index contributed by atoms with van der Waals surface area (Å²) in [6.45, 7) is 8.58. The fourth-order valence-electron chi connectivity index (χ4n) is 4.16. The van der Waals surface area contributed by atoms with Crippen molar-refractivity contribution >= 4 is 27.4 Å². The normalized spacial score (nSPS) is 12.0. The third kappa shape index (κ3) is 13.6. The van der Waals surface area contributed by atoms with Crippen molar-refractivity contribution in [1.29, 1.82) is 0 Å². The maximum atomic E-state index is 13.0. The standard InChI is InChI=1S/C27H49N3O2S2/c1-5-7-9-10-11-12-13-14-15-16-20-24-21-17-18-22-25(24)34(31,32)30-29-26(33)28-27(3,4)23-19-8-6-2/h17-18,21-22,30H,5-16,19-20,23H2,1-4H3,(H2,28,29,33). The van der Waals surface area contributed by atoms with E-state index in [2.05, 4.69) is 43.3 Å². The van der Waals surface area contributed by atoms with Crippen LogP contribution < -0.4 is 15.6 Å². The maximum Gasteiger partial charge on any atom is 0.257 e. The van der Waals surface area contributed by atoms with E-state index in [-0.39, 0.29) is 10.7 Å². The number of hydrazine groups is 1. The van der Waals surface area contributed by atoms with Crippen LogP contribution in [0.4, 0.5) is 0 Å². The van der Waals surface area contributed by atoms with Crippen molar-refractivity contribution in [3.8, 4) is 0 Å². The van der Waals surface area contributed by atoms with Crippen LogP contribution in [0.15, 0.2) is 29.2 Å². The average molecular weight is 512 g/mol. The van der Waals surface area contributed by atoms with Gasteiger partial charge in [0, 0.05) is 5.54 Å². The van der Waals surface area contributed by atoms with Crippen LogP contribution in [0.1, 0.15) is 123 Å². The smallest absolute Gasteiger partial charge is 0.257 e. The number of benzene rings is 1. The Morgan fingerprint density at radius 3 is 1.97 bits per heavy atom. The summed E-state index contributed by atoms with van der Waals surface area (Å²) in [7, 11) is -3.71. The van der Waals surface area contributed by atoms with Crippen LogP contribution in [0.3, 0.4) is 0 Å². The summed E-state index contributed by atoms with van der Waals surface area (Å²) in [6, 6.07) is 7.25. The molecule has 0 aliphatic heterocycles. The summed E-state index contributed by atoms with van der Waals surface area (Å²) >= 11 is 5.33. The Morgan fingerprint density at radius 2 is 1.35 bits per heavy atom. The monoisotopic (exact) mass is 511 g/mol. The topological polar surface area (TPSA) is 70.2 Å². The number of rotatable bonds is 19. The van der Waals surface area contributed by atoms with Crippen molar-refractivity contribution in [2.24, 2.45) is 0 Å². The summed E-state index contributed by atoms with van der Waals surface area (Å²) in [6.07, 6.45) is 17.8. The predicted octanol–water partition coefficient (Wildman–Crippen LogP) is 7.17. The third-order valence-electron chi connectivity index (χ3n) is 6.22. The molecule has 0 unspecified atom stereocenters. The fourth-order valence-corrected chi connectivity index (χ4v) is 5.67. The molecule has 0 aliphatic rings. The van der Waals surface area contributed by atoms with Crippen LogP contribution in [0.5, 0.6) is 0 Å². The van der Waals surface area contributed by atoms with Gasteiger partial charge in [-0.25, -0.2) is 8.42 Å². The molecule has 7 heteroatoms. The van der Waals surface area contributed by atoms with Gasteiger partial charge in [-0.15, -0.1) is 4.83 Å². The van der Waals surface area contributed by atoms with E-state index in [1.54, 1.807) is 12.1 Å². The lowest BCUT2D eigenvalue weighted by Gasteiger charge is -2.28. The summed E-state index contributed by atoms with van der Waals surface area (Å²) < 4.78 is 25.9. The Labute approximate surface area is 215 Å². The van der Waals surface area contributed by atoms with E-state index in [9.17, 15) is 8.42 Å². The number of thiocarbonyl (C=S) groups is 1. The molecule has 5 nitrogen and oxygen atoms in total. The lowest BCUT2D eigenvalue weighted by Crippen LogP contribution is -2.53. The Morgan fingerprint density at radius 1 is 0.824 bits per heavy atom. The molecular weight excluding hydrogens is 462 g/mol. The molecular formula is C27H49N3O2S2. The molecule has 0 fully saturated rings. The second kappa shape index (κ2) is 17.3. The van der Waals surface area contributed by atoms with E-state index in [0.29, 0.717) is 4.90 Å². The van der Waals surface area contributed by atoms with Crippen LogP contribution in [-0.4, -0.2) is 19.1 Å². The van der Waals surface area contributed by atoms with Crippen molar-refractivity contribution in [1.82, 2.24) is 15.6 Å². The van der Waals surface area contributed by atoms with Gasteiger partial charge in [0.25, 0.3) is 10.0 Å². The van der Waals surface area contributed by atoms with Crippen LogP contribution in [0.25, 0.3) is 0 Å². The largest absolute Gasteiger partial charge is 0.357 e. The number of hydrogen-bond acceptors (Lipinski definition) is 3. The molecule has 1 aromatic rings. The number of sulfonamides is 1. The third-order valence-corrected chi connectivity index (χ3v) is 7.77. The van der Waals surface area contributed by atoms with Gasteiger partial charge in [-0.2, -0.15) is 0 Å². The minimum absolute atomic E-state index is 0.196. The van der Waals surface area contributed by atoms with Crippen molar-refractivity contribution in [2.75, 3.05) is 0 Å². The van der Waals surface area contributed by atoms with Crippen molar-refractivity contribution in [2.45, 2.75) is 134 Å². The highest BCUT2D eigenvalue weighted by Gasteiger charge is 2.21. The van der Waals surface area contributed by atoms with Crippen LogP contribution in [-0.2, 0) is 16.4 Å². The van der Waals surface area contributed by atoms with Crippen molar-refractivity contribution < 1.29 is 8.42 Å². The number of aryl methyl sites for hydroxylation is 1. The Kier molecular flexibility index (Phi) is 15.7. The SMILES string of the molecule is CCCCCCCCCCCCc1ccccc1S(=O)(=O)NNC(=S)NC(C)(C)CCCCC. The lowest BCUT2D eigenvalue weighted by molar-refractivity contribution is 0.402. The zero-order valence-electron chi connectivity index (χ0n) is 22.0. The van der Waals surface area contributed by atoms with Gasteiger partial charge in [-0.1, -0.05) is 109 Å². The second-order valence-electron chi connectivity index (χ2n) is 10.1. The first-order valence-electron chi connectivity index (χ1n) is 13.4. The van der Waals surface area contributed by atoms with E-state index in [1.165, 1.54) is 57.8 Å². The lowest BCUT2D eigenvalue weighted by atomic mass is 9.97. The summed E-state index contributed by atoms with van der Waals surface area (Å²) in [5.41, 5.74) is 3.35. The Balaban J connectivity index is 2.45. The van der Waals surface area contributed by atoms with Crippen LogP contribution in [0.2, 0.25) is 0 Å². The van der Waals surface area contributed by atoms with Gasteiger partial charge >= 0.3 is 0 Å². The first-order chi connectivity index (χ1) is 16.2. The fraction of sp³-hybridized carbons (Fsp3) is 0.741. The highest BCUT2D eigenvalue weighted by Crippen LogP contribution is 2.19. The van der Waals surface area contributed by atoms with Crippen molar-refractivity contribution in [3.05, 3.63) is 29.8 Å². The number of hydrogen-bond donors (Lipinski definition) is 3. The van der Waals surface area contributed by atoms with Gasteiger partial charge in [-0.3, -0.25) is 5.43 Å². The van der Waals surface area contributed by atoms with Gasteiger partial charge in [0.2, 0.25) is 0 Å². The molecule has 0 amide bonds. The molecule has 196 valence electrons. The highest BCUT2D eigenvalue weighted by molar-refractivity contribution is 7.89. The molecule has 34 heavy (non-hydrogen) atoms. The van der Waals surface area contributed by atoms with Gasteiger partial charge in [0.15, 0.2) is 5.11 Å². The van der Waals surface area contributed by atoms with Crippen LogP contribution in [0, 0.1) is 0 Å². The highest BCUT2D eigenvalue weighted by atomic mass is 32.2. The average Bonchev–Trinajstić information content (AvgIpc) is 2.79. The molecule has 0 aliphatic carbocycles. The van der Waals surface area contributed by atoms with Gasteiger partial charge in [-0.05, 0) is 57.0 Å². The molecule has 3 N–H and O–H groups in total. The van der Waals surface area contributed by atoms with E-state index in [0.717, 1.165) is 44.1 Å². The van der Waals surface area contributed by atoms with E-state index < -0.39 is 10.0 Å². The van der Waals surface area contributed by atoms with E-state index >= 15 is 0 Å². The molecule has 0 aromatic heterocycles. The minimum Gasteiger partial charge on any atom is -0.357 e. The second-order valence-corrected chi connectivity index (χ2v) is 12.1. The summed E-state index contributed by atoms with van der Waals surface area (Å²) in [4.78, 5) is 2.79. The molecule has 0 atom stereocenters. The van der Waals surface area contributed by atoms with Crippen LogP contribution >= 0.6 is 12.2 Å². The van der Waals surface area contributed by atoms with Gasteiger partial charge < -0.3 is 5.32 Å². The molecule has 0 radical (unpaired) electrons. The molecule has 0 bridgehead atoms. The Bertz CT molecular complexity index is 795. The zero-order valence-corrected chi connectivity index (χ0v) is 23.7. The van der Waals surface area contributed by atoms with Crippen molar-refractivity contribution in [3.63, 3.8) is 0 Å². The number of nitrogens with one attached hydrogen (secondary N) is 3. The molecule has 0 saturated heterocycles. The van der Waals surface area contributed by atoms with E-state index in [1.807, 2.05) is 12.1 Å². The quantitative estimate of drug-likeness (QED) is 0.104. The predicted molar refractivity (Wildman–Crippen MR) is 149 cm³/mol. The van der Waals surface area contributed by atoms with E-state index in [4.69, 9.17) is 12.2 Å². The number of unbranched alkanes of at least 4 members (excludes halogenated alkanes) is 11. The van der Waals surface area contributed by atoms with Gasteiger partial charge in [0.05, 0.1) is 4.90 Å². The molecule has 1 rings (SSSR count). The molecule has 0 saturated carbocycles. The molecule has 0 spiro atoms. The molecule has 0 heterocycles. The minimum atomic E-state index is -3.71. The summed E-state index contributed by atoms with van der Waals surface area (Å²) in [5.74, 6) is 0. The first kappa shape index (κ1) is 30.9. The summed E-state index contributed by atoms with van der Waals surface area (Å²) in [5, 5.41) is 3.51. The molecule has 1 aromatic carbocycles. The van der Waals surface area contributed by atoms with Gasteiger partial charge in [0.1, 0.15) is 0 Å². The first-order valence-corrected chi connectivity index (χ1v) is 15.3. The Hall–Kier alpha value is -1.18. The maximum absolute atomic E-state index is 13.0. The zero-order chi connectivity index (χ0) is 25.3.